The molecule has 0 bridgehead atoms. The molecule has 0 aliphatic carbocycles. The number of nitrogens with zero attached hydrogens (tertiary/aromatic N) is 2. The topological polar surface area (TPSA) is 84.5 Å². The molecule has 1 rings (SSSR count). The van der Waals surface area contributed by atoms with E-state index in [0.29, 0.717) is 0 Å². The van der Waals surface area contributed by atoms with Crippen molar-refractivity contribution in [3.8, 4) is 12.0 Å². The Bertz CT molecular complexity index is 530. The highest BCUT2D eigenvalue weighted by Crippen LogP contribution is 1.87. The molecule has 0 aliphatic heterocycles. The van der Waals surface area contributed by atoms with Gasteiger partial charge in [0, 0.05) is 31.3 Å². The quantitative estimate of drug-likeness (QED) is 0.485. The summed E-state index contributed by atoms with van der Waals surface area (Å²) in [4.78, 5) is 23.0. The molecule has 0 fully saturated rings. The van der Waals surface area contributed by atoms with Gasteiger partial charge in [-0.2, -0.15) is 0 Å². The molecule has 1 aromatic rings. The van der Waals surface area contributed by atoms with Crippen molar-refractivity contribution in [2.24, 2.45) is 0 Å². The lowest BCUT2D eigenvalue weighted by Crippen LogP contribution is -2.38. The molecule has 0 atom stereocenters. The van der Waals surface area contributed by atoms with Crippen molar-refractivity contribution in [2.75, 3.05) is 0 Å². The van der Waals surface area contributed by atoms with E-state index in [2.05, 4.69) is 12.0 Å². The molecular weight excluding hydrogens is 212 g/mol. The zero-order valence-corrected chi connectivity index (χ0v) is 8.75. The maximum Gasteiger partial charge on any atom is 0.342 e. The lowest BCUT2D eigenvalue weighted by molar-refractivity contribution is -0.0480. The Morgan fingerprint density at radius 2 is 2.12 bits per heavy atom. The molecule has 6 nitrogen and oxygen atoms in total. The van der Waals surface area contributed by atoms with Gasteiger partial charge < -0.3 is 10.2 Å². The van der Waals surface area contributed by atoms with E-state index in [0.717, 1.165) is 9.13 Å². The van der Waals surface area contributed by atoms with Crippen LogP contribution in [0.2, 0.25) is 0 Å². The maximum absolute atomic E-state index is 11.7. The molecule has 0 radical (unpaired) electrons. The van der Waals surface area contributed by atoms with E-state index in [1.54, 1.807) is 6.92 Å². The predicted molar refractivity (Wildman–Crippen MR) is 56.7 cm³/mol. The van der Waals surface area contributed by atoms with Crippen LogP contribution in [0.5, 0.6) is 0 Å². The Morgan fingerprint density at radius 3 is 2.69 bits per heavy atom. The molecule has 1 heterocycles. The first-order valence-electron chi connectivity index (χ1n) is 4.67. The molecule has 0 spiro atoms. The van der Waals surface area contributed by atoms with Gasteiger partial charge in [-0.3, -0.25) is 9.36 Å². The fourth-order valence-electron chi connectivity index (χ4n) is 1.17. The van der Waals surface area contributed by atoms with Gasteiger partial charge in [-0.05, 0) is 6.92 Å². The highest BCUT2D eigenvalue weighted by molar-refractivity contribution is 5.02. The number of aromatic nitrogens is 2. The van der Waals surface area contributed by atoms with Gasteiger partial charge in [0.25, 0.3) is 5.56 Å². The van der Waals surface area contributed by atoms with E-state index in [1.807, 2.05) is 0 Å². The summed E-state index contributed by atoms with van der Waals surface area (Å²) in [6.45, 7) is 1.51. The van der Waals surface area contributed by atoms with Gasteiger partial charge in [0.15, 0.2) is 6.29 Å². The standard InChI is InChI=1S/C10H12N2O4/c1-2-5-11-6-3-8(13)12(10(11)16)7-4-9(14)15/h3,6,9,14-15H,4,7H2,1H3. The summed E-state index contributed by atoms with van der Waals surface area (Å²) in [6.07, 6.45) is -0.344. The average molecular weight is 224 g/mol. The highest BCUT2D eigenvalue weighted by atomic mass is 16.5. The van der Waals surface area contributed by atoms with Gasteiger partial charge in [0.1, 0.15) is 0 Å². The van der Waals surface area contributed by atoms with E-state index < -0.39 is 17.5 Å². The van der Waals surface area contributed by atoms with E-state index in [-0.39, 0.29) is 13.0 Å². The molecular formula is C10H12N2O4. The van der Waals surface area contributed by atoms with Crippen molar-refractivity contribution in [3.05, 3.63) is 33.1 Å². The first kappa shape index (κ1) is 12.2. The third-order valence-corrected chi connectivity index (χ3v) is 1.91. The Morgan fingerprint density at radius 1 is 1.44 bits per heavy atom. The summed E-state index contributed by atoms with van der Waals surface area (Å²) >= 11 is 0. The molecule has 0 saturated heterocycles. The second-order valence-corrected chi connectivity index (χ2v) is 3.09. The van der Waals surface area contributed by atoms with Crippen molar-refractivity contribution in [1.29, 1.82) is 0 Å². The van der Waals surface area contributed by atoms with Gasteiger partial charge in [-0.15, -0.1) is 0 Å². The first-order valence-corrected chi connectivity index (χ1v) is 4.67. The fraction of sp³-hybridized carbons (Fsp3) is 0.400. The zero-order chi connectivity index (χ0) is 12.1. The zero-order valence-electron chi connectivity index (χ0n) is 8.75. The summed E-state index contributed by atoms with van der Waals surface area (Å²) < 4.78 is 1.98. The van der Waals surface area contributed by atoms with Crippen LogP contribution >= 0.6 is 0 Å². The van der Waals surface area contributed by atoms with E-state index in [1.165, 1.54) is 12.3 Å². The van der Waals surface area contributed by atoms with E-state index in [4.69, 9.17) is 10.2 Å². The van der Waals surface area contributed by atoms with Crippen LogP contribution in [-0.2, 0) is 6.54 Å². The van der Waals surface area contributed by atoms with Crippen molar-refractivity contribution in [3.63, 3.8) is 0 Å². The van der Waals surface area contributed by atoms with Crippen LogP contribution < -0.4 is 11.2 Å². The molecule has 0 aliphatic rings. The summed E-state index contributed by atoms with van der Waals surface area (Å²) in [5, 5.41) is 17.3. The third kappa shape index (κ3) is 2.82. The third-order valence-electron chi connectivity index (χ3n) is 1.91. The smallest absolute Gasteiger partial charge is 0.342 e. The average Bonchev–Trinajstić information content (AvgIpc) is 2.22. The fourth-order valence-corrected chi connectivity index (χ4v) is 1.17. The molecule has 0 amide bonds. The number of aliphatic hydroxyl groups is 2. The van der Waals surface area contributed by atoms with Crippen LogP contribution in [0.25, 0.3) is 0 Å². The van der Waals surface area contributed by atoms with Crippen molar-refractivity contribution < 1.29 is 10.2 Å². The number of hydrogen-bond donors (Lipinski definition) is 2. The molecule has 0 saturated carbocycles. The van der Waals surface area contributed by atoms with E-state index >= 15 is 0 Å². The minimum atomic E-state index is -1.54. The van der Waals surface area contributed by atoms with Crippen molar-refractivity contribution in [1.82, 2.24) is 9.13 Å². The van der Waals surface area contributed by atoms with Gasteiger partial charge in [0.2, 0.25) is 0 Å². The van der Waals surface area contributed by atoms with Gasteiger partial charge >= 0.3 is 5.69 Å². The van der Waals surface area contributed by atoms with Crippen LogP contribution in [0.15, 0.2) is 21.9 Å². The van der Waals surface area contributed by atoms with Crippen molar-refractivity contribution in [2.45, 2.75) is 26.2 Å². The predicted octanol–water partition coefficient (Wildman–Crippen LogP) is -1.46. The van der Waals surface area contributed by atoms with Crippen molar-refractivity contribution >= 4 is 0 Å². The van der Waals surface area contributed by atoms with E-state index in [9.17, 15) is 9.59 Å². The SMILES string of the molecule is CC#Cn1ccc(=O)n(CCC(O)O)c1=O. The van der Waals surface area contributed by atoms with Crippen LogP contribution in [0.4, 0.5) is 0 Å². The Hall–Kier alpha value is -1.84. The molecule has 0 unspecified atom stereocenters. The highest BCUT2D eigenvalue weighted by Gasteiger charge is 2.05. The van der Waals surface area contributed by atoms with Crippen LogP contribution in [0.1, 0.15) is 13.3 Å². The molecule has 16 heavy (non-hydrogen) atoms. The Balaban J connectivity index is 3.15. The van der Waals surface area contributed by atoms with Crippen LogP contribution in [0.3, 0.4) is 0 Å². The summed E-state index contributed by atoms with van der Waals surface area (Å²) in [6, 6.07) is 3.70. The minimum Gasteiger partial charge on any atom is -0.368 e. The van der Waals surface area contributed by atoms with Gasteiger partial charge in [-0.1, -0.05) is 5.92 Å². The number of hydrogen-bond acceptors (Lipinski definition) is 4. The second-order valence-electron chi connectivity index (χ2n) is 3.09. The van der Waals surface area contributed by atoms with Crippen LogP contribution in [0, 0.1) is 12.0 Å². The molecule has 1 aromatic heterocycles. The Kier molecular flexibility index (Phi) is 4.05. The molecule has 2 N–H and O–H groups in total. The normalized spacial score (nSPS) is 10.0. The van der Waals surface area contributed by atoms with Crippen LogP contribution in [-0.4, -0.2) is 25.6 Å². The molecule has 0 aromatic carbocycles. The monoisotopic (exact) mass is 224 g/mol. The number of rotatable bonds is 3. The Labute approximate surface area is 91.4 Å². The second kappa shape index (κ2) is 5.30. The van der Waals surface area contributed by atoms with Gasteiger partial charge in [0.05, 0.1) is 0 Å². The molecule has 86 valence electrons. The summed E-state index contributed by atoms with van der Waals surface area (Å²) in [7, 11) is 0. The largest absolute Gasteiger partial charge is 0.368 e. The summed E-state index contributed by atoms with van der Waals surface area (Å²) in [5.41, 5.74) is -1.07. The number of aliphatic hydroxyl groups excluding tert-OH is 1. The molecule has 6 heteroatoms. The minimum absolute atomic E-state index is 0.0540. The maximum atomic E-state index is 11.7. The lowest BCUT2D eigenvalue weighted by Gasteiger charge is -2.06. The first-order chi connectivity index (χ1) is 7.56. The lowest BCUT2D eigenvalue weighted by atomic mass is 10.4. The van der Waals surface area contributed by atoms with Gasteiger partial charge in [-0.25, -0.2) is 9.36 Å². The summed E-state index contributed by atoms with van der Waals surface area (Å²) in [5.74, 6) is 2.54.